The van der Waals surface area contributed by atoms with Crippen LogP contribution < -0.4 is 10.6 Å². The molecule has 2 N–H and O–H groups in total. The Labute approximate surface area is 177 Å². The van der Waals surface area contributed by atoms with E-state index < -0.39 is 21.5 Å². The second-order valence-corrected chi connectivity index (χ2v) is 10.5. The molecule has 1 fully saturated rings. The van der Waals surface area contributed by atoms with Gasteiger partial charge in [0.1, 0.15) is 4.90 Å². The zero-order valence-electron chi connectivity index (χ0n) is 17.3. The summed E-state index contributed by atoms with van der Waals surface area (Å²) in [6.45, 7) is 9.26. The fourth-order valence-electron chi connectivity index (χ4n) is 3.03. The van der Waals surface area contributed by atoms with Crippen LogP contribution in [0.15, 0.2) is 23.1 Å². The molecule has 1 aliphatic rings. The third-order valence-corrected chi connectivity index (χ3v) is 6.43. The van der Waals surface area contributed by atoms with E-state index >= 15 is 0 Å². The van der Waals surface area contributed by atoms with Gasteiger partial charge in [0.05, 0.1) is 23.8 Å². The molecule has 0 aliphatic carbocycles. The molecule has 1 aromatic carbocycles. The van der Waals surface area contributed by atoms with Gasteiger partial charge < -0.3 is 15.4 Å². The molecule has 2 atom stereocenters. The number of carbonyl (C=O) groups excluding carboxylic acids is 2. The minimum Gasteiger partial charge on any atom is -0.373 e. The van der Waals surface area contributed by atoms with Gasteiger partial charge in [-0.1, -0.05) is 11.6 Å². The first-order chi connectivity index (χ1) is 13.3. The zero-order valence-corrected chi connectivity index (χ0v) is 18.9. The summed E-state index contributed by atoms with van der Waals surface area (Å²) < 4.78 is 33.1. The van der Waals surface area contributed by atoms with E-state index in [1.807, 2.05) is 20.8 Å². The predicted molar refractivity (Wildman–Crippen MR) is 110 cm³/mol. The highest BCUT2D eigenvalue weighted by Gasteiger charge is 2.33. The van der Waals surface area contributed by atoms with Crippen LogP contribution in [-0.2, 0) is 19.6 Å². The third kappa shape index (κ3) is 6.40. The van der Waals surface area contributed by atoms with Gasteiger partial charge in [-0.25, -0.2) is 8.42 Å². The number of hydrogen-bond acceptors (Lipinski definition) is 5. The first kappa shape index (κ1) is 23.6. The fraction of sp³-hybridized carbons (Fsp3) is 0.579. The minimum atomic E-state index is -3.91. The van der Waals surface area contributed by atoms with Crippen LogP contribution in [-0.4, -0.2) is 61.9 Å². The average Bonchev–Trinajstić information content (AvgIpc) is 2.57. The van der Waals surface area contributed by atoms with Gasteiger partial charge in [-0.3, -0.25) is 9.59 Å². The molecule has 0 radical (unpaired) electrons. The smallest absolute Gasteiger partial charge is 0.251 e. The topological polar surface area (TPSA) is 105 Å². The lowest BCUT2D eigenvalue weighted by Gasteiger charge is -2.34. The lowest BCUT2D eigenvalue weighted by Crippen LogP contribution is -2.48. The molecule has 1 aliphatic heterocycles. The maximum absolute atomic E-state index is 13.1. The van der Waals surface area contributed by atoms with Gasteiger partial charge in [0.2, 0.25) is 15.9 Å². The number of rotatable bonds is 5. The molecule has 0 saturated carbocycles. The average molecular weight is 446 g/mol. The van der Waals surface area contributed by atoms with E-state index in [1.165, 1.54) is 22.5 Å². The molecule has 2 amide bonds. The van der Waals surface area contributed by atoms with Crippen molar-refractivity contribution in [2.45, 2.75) is 57.3 Å². The number of nitrogens with zero attached hydrogens (tertiary/aromatic N) is 1. The van der Waals surface area contributed by atoms with Gasteiger partial charge in [0.15, 0.2) is 0 Å². The minimum absolute atomic E-state index is 0.0267. The molecule has 0 aromatic heterocycles. The SMILES string of the molecule is CC1CN(S(=O)(=O)c2cc(C(=O)NCC(=O)NC(C)(C)C)ccc2Cl)CC(C)O1. The number of ether oxygens (including phenoxy) is 1. The van der Waals surface area contributed by atoms with E-state index in [2.05, 4.69) is 10.6 Å². The van der Waals surface area contributed by atoms with Crippen LogP contribution in [0.25, 0.3) is 0 Å². The quantitative estimate of drug-likeness (QED) is 0.718. The summed E-state index contributed by atoms with van der Waals surface area (Å²) >= 11 is 6.14. The van der Waals surface area contributed by atoms with Crippen LogP contribution in [0.5, 0.6) is 0 Å². The first-order valence-electron chi connectivity index (χ1n) is 9.34. The standard InChI is InChI=1S/C19H28ClN3O5S/c1-12-10-23(11-13(2)28-12)29(26,27)16-8-14(6-7-15(16)20)18(25)21-9-17(24)22-19(3,4)5/h6-8,12-13H,9-11H2,1-5H3,(H,21,25)(H,22,24). The van der Waals surface area contributed by atoms with Gasteiger partial charge in [-0.05, 0) is 52.8 Å². The van der Waals surface area contributed by atoms with Crippen LogP contribution >= 0.6 is 11.6 Å². The molecule has 1 saturated heterocycles. The number of halogens is 1. The summed E-state index contributed by atoms with van der Waals surface area (Å²) in [4.78, 5) is 24.2. The number of morpholine rings is 1. The normalized spacial score (nSPS) is 20.9. The van der Waals surface area contributed by atoms with Crippen molar-refractivity contribution in [1.82, 2.24) is 14.9 Å². The number of benzene rings is 1. The van der Waals surface area contributed by atoms with Crippen LogP contribution in [0, 0.1) is 0 Å². The maximum Gasteiger partial charge on any atom is 0.251 e. The molecule has 2 unspecified atom stereocenters. The first-order valence-corrected chi connectivity index (χ1v) is 11.2. The summed E-state index contributed by atoms with van der Waals surface area (Å²) in [6.07, 6.45) is -0.500. The van der Waals surface area contributed by atoms with E-state index in [-0.39, 0.29) is 53.2 Å². The van der Waals surface area contributed by atoms with Crippen molar-refractivity contribution in [3.8, 4) is 0 Å². The van der Waals surface area contributed by atoms with Crippen LogP contribution in [0.1, 0.15) is 45.0 Å². The van der Waals surface area contributed by atoms with Crippen LogP contribution in [0.3, 0.4) is 0 Å². The van der Waals surface area contributed by atoms with Gasteiger partial charge in [0.25, 0.3) is 5.91 Å². The zero-order chi connectivity index (χ0) is 22.0. The van der Waals surface area contributed by atoms with Crippen molar-refractivity contribution in [3.63, 3.8) is 0 Å². The van der Waals surface area contributed by atoms with E-state index in [1.54, 1.807) is 13.8 Å². The van der Waals surface area contributed by atoms with Crippen molar-refractivity contribution >= 4 is 33.4 Å². The molecule has 29 heavy (non-hydrogen) atoms. The van der Waals surface area contributed by atoms with Crippen LogP contribution in [0.4, 0.5) is 0 Å². The molecule has 2 rings (SSSR count). The Morgan fingerprint density at radius 2 is 1.79 bits per heavy atom. The molecular formula is C19H28ClN3O5S. The van der Waals surface area contributed by atoms with Crippen molar-refractivity contribution in [2.75, 3.05) is 19.6 Å². The summed E-state index contributed by atoms with van der Waals surface area (Å²) in [5.41, 5.74) is -0.318. The summed E-state index contributed by atoms with van der Waals surface area (Å²) in [5.74, 6) is -0.908. The van der Waals surface area contributed by atoms with Gasteiger partial charge in [-0.2, -0.15) is 4.31 Å². The Balaban J connectivity index is 2.18. The number of carbonyl (C=O) groups is 2. The molecular weight excluding hydrogens is 418 g/mol. The molecule has 162 valence electrons. The molecule has 1 heterocycles. The van der Waals surface area contributed by atoms with Gasteiger partial charge >= 0.3 is 0 Å². The molecule has 8 nitrogen and oxygen atoms in total. The monoisotopic (exact) mass is 445 g/mol. The fourth-order valence-corrected chi connectivity index (χ4v) is 5.12. The molecule has 1 aromatic rings. The number of nitrogens with one attached hydrogen (secondary N) is 2. The Morgan fingerprint density at radius 3 is 2.34 bits per heavy atom. The molecule has 0 spiro atoms. The highest BCUT2D eigenvalue weighted by Crippen LogP contribution is 2.28. The van der Waals surface area contributed by atoms with Gasteiger partial charge in [0, 0.05) is 24.2 Å². The van der Waals surface area contributed by atoms with E-state index in [0.29, 0.717) is 0 Å². The van der Waals surface area contributed by atoms with Gasteiger partial charge in [-0.15, -0.1) is 0 Å². The van der Waals surface area contributed by atoms with Crippen molar-refractivity contribution in [2.24, 2.45) is 0 Å². The third-order valence-electron chi connectivity index (χ3n) is 4.12. The highest BCUT2D eigenvalue weighted by atomic mass is 35.5. The van der Waals surface area contributed by atoms with Crippen molar-refractivity contribution in [3.05, 3.63) is 28.8 Å². The molecule has 0 bridgehead atoms. The lowest BCUT2D eigenvalue weighted by atomic mass is 10.1. The van der Waals surface area contributed by atoms with Crippen molar-refractivity contribution in [1.29, 1.82) is 0 Å². The second kappa shape index (κ2) is 8.99. The maximum atomic E-state index is 13.1. The van der Waals surface area contributed by atoms with E-state index in [9.17, 15) is 18.0 Å². The largest absolute Gasteiger partial charge is 0.373 e. The van der Waals surface area contributed by atoms with E-state index in [0.717, 1.165) is 0 Å². The summed E-state index contributed by atoms with van der Waals surface area (Å²) in [7, 11) is -3.91. The van der Waals surface area contributed by atoms with E-state index in [4.69, 9.17) is 16.3 Å². The predicted octanol–water partition coefficient (Wildman–Crippen LogP) is 1.78. The number of amides is 2. The Morgan fingerprint density at radius 1 is 1.21 bits per heavy atom. The molecule has 10 heteroatoms. The Hall–Kier alpha value is -1.68. The number of hydrogen-bond donors (Lipinski definition) is 2. The lowest BCUT2D eigenvalue weighted by molar-refractivity contribution is -0.121. The summed E-state index contributed by atoms with van der Waals surface area (Å²) in [6, 6.07) is 4.02. The highest BCUT2D eigenvalue weighted by molar-refractivity contribution is 7.89. The van der Waals surface area contributed by atoms with Crippen molar-refractivity contribution < 1.29 is 22.7 Å². The van der Waals surface area contributed by atoms with Crippen LogP contribution in [0.2, 0.25) is 5.02 Å². The summed E-state index contributed by atoms with van der Waals surface area (Å²) in [5, 5.41) is 5.25. The number of sulfonamides is 1. The second-order valence-electron chi connectivity index (χ2n) is 8.21. The Kier molecular flexibility index (Phi) is 7.32. The Bertz CT molecular complexity index is 872.